The molecular weight excluding hydrogens is 202 g/mol. The molecule has 1 aromatic heterocycles. The fraction of sp³-hybridized carbons (Fsp3) is 0.750. The van der Waals surface area contributed by atoms with Gasteiger partial charge in [0, 0.05) is 12.5 Å². The summed E-state index contributed by atoms with van der Waals surface area (Å²) in [5.74, 6) is 1.59. The molecule has 0 radical (unpaired) electrons. The molecule has 1 aliphatic heterocycles. The highest BCUT2D eigenvalue weighted by Gasteiger charge is 2.25. The Balaban J connectivity index is 2.35. The Morgan fingerprint density at radius 3 is 2.69 bits per heavy atom. The topological polar surface area (TPSA) is 39.1 Å². The maximum absolute atomic E-state index is 5.51. The predicted molar refractivity (Wildman–Crippen MR) is 64.0 cm³/mol. The number of methoxy groups -OCH3 is 1. The van der Waals surface area contributed by atoms with Crippen LogP contribution in [0.5, 0.6) is 5.75 Å². The van der Waals surface area contributed by atoms with Gasteiger partial charge in [-0.05, 0) is 39.8 Å². The lowest BCUT2D eigenvalue weighted by Crippen LogP contribution is -2.28. The maximum atomic E-state index is 5.51. The van der Waals surface area contributed by atoms with Crippen molar-refractivity contribution in [2.75, 3.05) is 20.2 Å². The van der Waals surface area contributed by atoms with E-state index in [-0.39, 0.29) is 0 Å². The summed E-state index contributed by atoms with van der Waals surface area (Å²) in [6.45, 7) is 7.28. The highest BCUT2D eigenvalue weighted by atomic mass is 16.5. The summed E-state index contributed by atoms with van der Waals surface area (Å²) in [4.78, 5) is 0. The molecule has 4 nitrogen and oxygen atoms in total. The smallest absolute Gasteiger partial charge is 0.163 e. The van der Waals surface area contributed by atoms with Crippen LogP contribution in [0, 0.1) is 6.92 Å². The van der Waals surface area contributed by atoms with E-state index in [0.29, 0.717) is 5.92 Å². The molecule has 0 bridgehead atoms. The first kappa shape index (κ1) is 11.5. The minimum absolute atomic E-state index is 0.595. The van der Waals surface area contributed by atoms with E-state index in [1.165, 1.54) is 18.5 Å². The Morgan fingerprint density at radius 1 is 1.44 bits per heavy atom. The molecule has 1 N–H and O–H groups in total. The van der Waals surface area contributed by atoms with Crippen molar-refractivity contribution >= 4 is 0 Å². The van der Waals surface area contributed by atoms with Gasteiger partial charge in [-0.15, -0.1) is 0 Å². The third kappa shape index (κ3) is 1.94. The number of hydrogen-bond donors (Lipinski definition) is 1. The Kier molecular flexibility index (Phi) is 3.49. The number of aromatic nitrogens is 2. The number of nitrogens with one attached hydrogen (secondary N) is 1. The van der Waals surface area contributed by atoms with Crippen molar-refractivity contribution < 1.29 is 4.74 Å². The van der Waals surface area contributed by atoms with Gasteiger partial charge in [-0.1, -0.05) is 0 Å². The van der Waals surface area contributed by atoms with Gasteiger partial charge in [0.05, 0.1) is 12.8 Å². The van der Waals surface area contributed by atoms with E-state index in [9.17, 15) is 0 Å². The van der Waals surface area contributed by atoms with Crippen LogP contribution in [0.2, 0.25) is 0 Å². The van der Waals surface area contributed by atoms with E-state index in [1.807, 2.05) is 6.92 Å². The zero-order chi connectivity index (χ0) is 11.5. The van der Waals surface area contributed by atoms with Crippen LogP contribution in [0.15, 0.2) is 0 Å². The molecule has 0 amide bonds. The molecule has 0 aromatic carbocycles. The van der Waals surface area contributed by atoms with Gasteiger partial charge in [-0.25, -0.2) is 0 Å². The molecule has 1 fully saturated rings. The second-order valence-electron chi connectivity index (χ2n) is 4.34. The zero-order valence-electron chi connectivity index (χ0n) is 10.4. The van der Waals surface area contributed by atoms with Crippen LogP contribution in [0.4, 0.5) is 0 Å². The van der Waals surface area contributed by atoms with Crippen molar-refractivity contribution in [1.29, 1.82) is 0 Å². The van der Waals surface area contributed by atoms with Gasteiger partial charge in [-0.3, -0.25) is 4.68 Å². The number of ether oxygens (including phenoxy) is 1. The van der Waals surface area contributed by atoms with Crippen LogP contribution in [0.3, 0.4) is 0 Å². The molecule has 0 spiro atoms. The summed E-state index contributed by atoms with van der Waals surface area (Å²) in [5, 5.41) is 7.94. The zero-order valence-corrected chi connectivity index (χ0v) is 10.4. The lowest BCUT2D eigenvalue weighted by atomic mass is 9.93. The molecule has 90 valence electrons. The molecule has 2 heterocycles. The van der Waals surface area contributed by atoms with E-state index in [4.69, 9.17) is 4.74 Å². The third-order valence-electron chi connectivity index (χ3n) is 3.34. The first-order valence-corrected chi connectivity index (χ1v) is 6.10. The second kappa shape index (κ2) is 4.87. The molecule has 0 saturated carbocycles. The van der Waals surface area contributed by atoms with Crippen molar-refractivity contribution in [1.82, 2.24) is 15.1 Å². The maximum Gasteiger partial charge on any atom is 0.163 e. The normalized spacial score (nSPS) is 17.7. The number of nitrogens with zero attached hydrogens (tertiary/aromatic N) is 2. The van der Waals surface area contributed by atoms with Gasteiger partial charge in [0.15, 0.2) is 5.75 Å². The number of rotatable bonds is 3. The minimum Gasteiger partial charge on any atom is -0.493 e. The van der Waals surface area contributed by atoms with Gasteiger partial charge in [0.25, 0.3) is 0 Å². The fourth-order valence-corrected chi connectivity index (χ4v) is 2.57. The highest BCUT2D eigenvalue weighted by molar-refractivity contribution is 5.35. The molecule has 1 aliphatic rings. The van der Waals surface area contributed by atoms with Gasteiger partial charge < -0.3 is 10.1 Å². The Morgan fingerprint density at radius 2 is 2.12 bits per heavy atom. The standard InChI is InChI=1S/C12H21N3O/c1-4-15-11(10-5-7-13-8-6-10)12(16-3)9(2)14-15/h10,13H,4-8H2,1-3H3. The van der Waals surface area contributed by atoms with Gasteiger partial charge in [0.2, 0.25) is 0 Å². The average Bonchev–Trinajstić information content (AvgIpc) is 2.66. The summed E-state index contributed by atoms with van der Waals surface area (Å²) in [5.41, 5.74) is 2.31. The van der Waals surface area contributed by atoms with Gasteiger partial charge in [0.1, 0.15) is 5.69 Å². The van der Waals surface area contributed by atoms with E-state index >= 15 is 0 Å². The van der Waals surface area contributed by atoms with Crippen molar-refractivity contribution in [3.63, 3.8) is 0 Å². The number of hydrogen-bond acceptors (Lipinski definition) is 3. The molecule has 0 unspecified atom stereocenters. The van der Waals surface area contributed by atoms with Crippen molar-refractivity contribution in [3.8, 4) is 5.75 Å². The fourth-order valence-electron chi connectivity index (χ4n) is 2.57. The number of piperidine rings is 1. The second-order valence-corrected chi connectivity index (χ2v) is 4.34. The summed E-state index contributed by atoms with van der Waals surface area (Å²) in [7, 11) is 1.74. The van der Waals surface area contributed by atoms with Crippen LogP contribution < -0.4 is 10.1 Å². The van der Waals surface area contributed by atoms with Crippen LogP contribution in [-0.4, -0.2) is 30.0 Å². The summed E-state index contributed by atoms with van der Waals surface area (Å²) in [6, 6.07) is 0. The van der Waals surface area contributed by atoms with Crippen LogP contribution in [0.25, 0.3) is 0 Å². The Labute approximate surface area is 97.0 Å². The highest BCUT2D eigenvalue weighted by Crippen LogP contribution is 2.34. The van der Waals surface area contributed by atoms with Crippen LogP contribution in [-0.2, 0) is 6.54 Å². The lowest BCUT2D eigenvalue weighted by Gasteiger charge is -2.24. The van der Waals surface area contributed by atoms with Crippen molar-refractivity contribution in [2.24, 2.45) is 0 Å². The molecule has 1 aromatic rings. The quantitative estimate of drug-likeness (QED) is 0.847. The summed E-state index contributed by atoms with van der Waals surface area (Å²) >= 11 is 0. The number of aryl methyl sites for hydroxylation is 2. The molecule has 0 aliphatic carbocycles. The first-order valence-electron chi connectivity index (χ1n) is 6.10. The van der Waals surface area contributed by atoms with E-state index in [0.717, 1.165) is 31.1 Å². The predicted octanol–water partition coefficient (Wildman–Crippen LogP) is 1.69. The van der Waals surface area contributed by atoms with Gasteiger partial charge in [-0.2, -0.15) is 5.10 Å². The van der Waals surface area contributed by atoms with E-state index in [1.54, 1.807) is 7.11 Å². The van der Waals surface area contributed by atoms with Crippen molar-refractivity contribution in [3.05, 3.63) is 11.4 Å². The van der Waals surface area contributed by atoms with Crippen LogP contribution in [0.1, 0.15) is 37.1 Å². The molecule has 4 heteroatoms. The van der Waals surface area contributed by atoms with E-state index in [2.05, 4.69) is 22.0 Å². The lowest BCUT2D eigenvalue weighted by molar-refractivity contribution is 0.380. The van der Waals surface area contributed by atoms with Crippen LogP contribution >= 0.6 is 0 Å². The molecular formula is C12H21N3O. The molecule has 16 heavy (non-hydrogen) atoms. The third-order valence-corrected chi connectivity index (χ3v) is 3.34. The monoisotopic (exact) mass is 223 g/mol. The first-order chi connectivity index (χ1) is 7.77. The Bertz CT molecular complexity index is 353. The molecule has 2 rings (SSSR count). The summed E-state index contributed by atoms with van der Waals surface area (Å²) in [6.07, 6.45) is 2.36. The SMILES string of the molecule is CCn1nc(C)c(OC)c1C1CCNCC1. The summed E-state index contributed by atoms with van der Waals surface area (Å²) < 4.78 is 7.61. The van der Waals surface area contributed by atoms with E-state index < -0.39 is 0 Å². The molecule has 0 atom stereocenters. The molecule has 1 saturated heterocycles. The average molecular weight is 223 g/mol. The largest absolute Gasteiger partial charge is 0.493 e. The van der Waals surface area contributed by atoms with Crippen molar-refractivity contribution in [2.45, 2.75) is 39.2 Å². The van der Waals surface area contributed by atoms with Gasteiger partial charge >= 0.3 is 0 Å². The minimum atomic E-state index is 0.595. The Hall–Kier alpha value is -1.03.